The molecule has 0 amide bonds. The minimum Gasteiger partial charge on any atom is -0.256 e. The first-order valence-corrected chi connectivity index (χ1v) is 11.4. The van der Waals surface area contributed by atoms with Gasteiger partial charge >= 0.3 is 0 Å². The van der Waals surface area contributed by atoms with E-state index in [0.29, 0.717) is 0 Å². The highest BCUT2D eigenvalue weighted by Gasteiger charge is 2.15. The molecule has 34 heavy (non-hydrogen) atoms. The second kappa shape index (κ2) is 7.46. The predicted octanol–water partition coefficient (Wildman–Crippen LogP) is 7.82. The number of benzene rings is 4. The van der Waals surface area contributed by atoms with Crippen molar-refractivity contribution < 1.29 is 0 Å². The number of nitrogens with zero attached hydrogens (tertiary/aromatic N) is 3. The Balaban J connectivity index is 1.54. The molecule has 4 aromatic carbocycles. The van der Waals surface area contributed by atoms with Gasteiger partial charge in [0.2, 0.25) is 0 Å². The molecule has 3 heteroatoms. The smallest absolute Gasteiger partial charge is 0.0972 e. The fraction of sp³-hybridized carbons (Fsp3) is 0. The van der Waals surface area contributed by atoms with Crippen LogP contribution in [0.15, 0.2) is 116 Å². The molecule has 0 aliphatic rings. The average molecular weight is 434 g/mol. The molecule has 0 N–H and O–H groups in total. The molecule has 0 bridgehead atoms. The Morgan fingerprint density at radius 2 is 1.32 bits per heavy atom. The molecule has 3 nitrogen and oxygen atoms in total. The van der Waals surface area contributed by atoms with Crippen LogP contribution in [0.25, 0.3) is 65.9 Å². The van der Waals surface area contributed by atoms with E-state index in [-0.39, 0.29) is 0 Å². The standard InChI is InChI=1S/C31H19N3/c1-2-8-23-20(7-1)14-15-26-30(23)25-9-3-4-12-28(25)34-31(26)29-19-21(16-18-33-29)22-10-5-13-27-24(22)11-6-17-32-27/h1-19H. The van der Waals surface area contributed by atoms with Gasteiger partial charge in [-0.25, -0.2) is 4.98 Å². The molecule has 0 aliphatic carbocycles. The van der Waals surface area contributed by atoms with Crippen LogP contribution in [0, 0.1) is 0 Å². The van der Waals surface area contributed by atoms with Crippen LogP contribution in [-0.4, -0.2) is 15.0 Å². The Morgan fingerprint density at radius 1 is 0.500 bits per heavy atom. The molecule has 0 fully saturated rings. The van der Waals surface area contributed by atoms with Gasteiger partial charge in [0, 0.05) is 33.9 Å². The summed E-state index contributed by atoms with van der Waals surface area (Å²) in [5.74, 6) is 0. The summed E-state index contributed by atoms with van der Waals surface area (Å²) in [6, 6.07) is 35.8. The van der Waals surface area contributed by atoms with Crippen molar-refractivity contribution in [1.82, 2.24) is 15.0 Å². The summed E-state index contributed by atoms with van der Waals surface area (Å²) >= 11 is 0. The maximum atomic E-state index is 5.10. The zero-order valence-corrected chi connectivity index (χ0v) is 18.3. The number of rotatable bonds is 2. The van der Waals surface area contributed by atoms with E-state index in [1.165, 1.54) is 16.2 Å². The number of aromatic nitrogens is 3. The molecular weight excluding hydrogens is 414 g/mol. The van der Waals surface area contributed by atoms with Crippen molar-refractivity contribution in [3.8, 4) is 22.5 Å². The van der Waals surface area contributed by atoms with Gasteiger partial charge in [-0.2, -0.15) is 0 Å². The van der Waals surface area contributed by atoms with E-state index in [9.17, 15) is 0 Å². The topological polar surface area (TPSA) is 38.7 Å². The first-order chi connectivity index (χ1) is 16.9. The van der Waals surface area contributed by atoms with Crippen LogP contribution in [0.2, 0.25) is 0 Å². The molecule has 7 rings (SSSR count). The molecule has 0 unspecified atom stereocenters. The Bertz CT molecular complexity index is 1850. The van der Waals surface area contributed by atoms with Crippen LogP contribution in [0.4, 0.5) is 0 Å². The van der Waals surface area contributed by atoms with E-state index in [0.717, 1.165) is 49.7 Å². The van der Waals surface area contributed by atoms with Gasteiger partial charge in [0.15, 0.2) is 0 Å². The molecule has 0 radical (unpaired) electrons. The van der Waals surface area contributed by atoms with Crippen molar-refractivity contribution in [1.29, 1.82) is 0 Å². The summed E-state index contributed by atoms with van der Waals surface area (Å²) in [6.07, 6.45) is 3.71. The maximum absolute atomic E-state index is 5.10. The Kier molecular flexibility index (Phi) is 4.15. The van der Waals surface area contributed by atoms with Crippen molar-refractivity contribution in [2.45, 2.75) is 0 Å². The molecule has 158 valence electrons. The molecule has 3 heterocycles. The first kappa shape index (κ1) is 18.9. The minimum atomic E-state index is 0.865. The van der Waals surface area contributed by atoms with Crippen LogP contribution in [0.3, 0.4) is 0 Å². The van der Waals surface area contributed by atoms with Gasteiger partial charge in [-0.05, 0) is 52.2 Å². The summed E-state index contributed by atoms with van der Waals surface area (Å²) < 4.78 is 0. The van der Waals surface area contributed by atoms with Gasteiger partial charge < -0.3 is 0 Å². The number of para-hydroxylation sites is 1. The fourth-order valence-electron chi connectivity index (χ4n) is 5.00. The predicted molar refractivity (Wildman–Crippen MR) is 141 cm³/mol. The highest BCUT2D eigenvalue weighted by Crippen LogP contribution is 2.37. The molecule has 0 spiro atoms. The highest BCUT2D eigenvalue weighted by atomic mass is 14.8. The molecular formula is C31H19N3. The number of hydrogen-bond acceptors (Lipinski definition) is 3. The quantitative estimate of drug-likeness (QED) is 0.261. The van der Waals surface area contributed by atoms with E-state index < -0.39 is 0 Å². The fourth-order valence-corrected chi connectivity index (χ4v) is 5.00. The summed E-state index contributed by atoms with van der Waals surface area (Å²) in [7, 11) is 0. The van der Waals surface area contributed by atoms with Gasteiger partial charge in [-0.1, -0.05) is 72.8 Å². The van der Waals surface area contributed by atoms with E-state index in [2.05, 4.69) is 89.9 Å². The lowest BCUT2D eigenvalue weighted by atomic mass is 9.95. The number of fused-ring (bicyclic) bond motifs is 6. The third kappa shape index (κ3) is 2.87. The zero-order valence-electron chi connectivity index (χ0n) is 18.3. The van der Waals surface area contributed by atoms with Crippen LogP contribution in [0.1, 0.15) is 0 Å². The van der Waals surface area contributed by atoms with Gasteiger partial charge in [0.1, 0.15) is 0 Å². The van der Waals surface area contributed by atoms with Crippen molar-refractivity contribution in [2.24, 2.45) is 0 Å². The molecule has 7 aromatic rings. The molecule has 0 atom stereocenters. The molecule has 0 saturated carbocycles. The van der Waals surface area contributed by atoms with E-state index in [4.69, 9.17) is 9.97 Å². The number of hydrogen-bond donors (Lipinski definition) is 0. The van der Waals surface area contributed by atoms with Crippen LogP contribution < -0.4 is 0 Å². The lowest BCUT2D eigenvalue weighted by Crippen LogP contribution is -1.93. The van der Waals surface area contributed by atoms with Gasteiger partial charge in [0.05, 0.1) is 22.4 Å². The lowest BCUT2D eigenvalue weighted by molar-refractivity contribution is 1.29. The van der Waals surface area contributed by atoms with Crippen molar-refractivity contribution >= 4 is 43.4 Å². The van der Waals surface area contributed by atoms with E-state index >= 15 is 0 Å². The number of pyridine rings is 3. The largest absolute Gasteiger partial charge is 0.256 e. The zero-order chi connectivity index (χ0) is 22.5. The summed E-state index contributed by atoms with van der Waals surface area (Å²) in [4.78, 5) is 14.4. The van der Waals surface area contributed by atoms with E-state index in [1.807, 2.05) is 30.6 Å². The third-order valence-corrected chi connectivity index (χ3v) is 6.55. The molecule has 0 saturated heterocycles. The molecule has 3 aromatic heterocycles. The average Bonchev–Trinajstić information content (AvgIpc) is 2.92. The van der Waals surface area contributed by atoms with Gasteiger partial charge in [-0.3, -0.25) is 9.97 Å². The normalized spacial score (nSPS) is 11.5. The van der Waals surface area contributed by atoms with Crippen molar-refractivity contribution in [2.75, 3.05) is 0 Å². The summed E-state index contributed by atoms with van der Waals surface area (Å²) in [5, 5.41) is 7.08. The van der Waals surface area contributed by atoms with Crippen LogP contribution in [0.5, 0.6) is 0 Å². The Morgan fingerprint density at radius 3 is 2.29 bits per heavy atom. The van der Waals surface area contributed by atoms with Crippen molar-refractivity contribution in [3.63, 3.8) is 0 Å². The Hall–Kier alpha value is -4.63. The lowest BCUT2D eigenvalue weighted by Gasteiger charge is -2.13. The third-order valence-electron chi connectivity index (χ3n) is 6.55. The maximum Gasteiger partial charge on any atom is 0.0972 e. The van der Waals surface area contributed by atoms with Gasteiger partial charge in [0.25, 0.3) is 0 Å². The monoisotopic (exact) mass is 433 g/mol. The summed E-state index contributed by atoms with van der Waals surface area (Å²) in [6.45, 7) is 0. The SMILES string of the molecule is c1ccc2c(c1)ccc1c(-c3cc(-c4cccc5ncccc45)ccn3)nc3ccccc3c12. The second-order valence-corrected chi connectivity index (χ2v) is 8.49. The van der Waals surface area contributed by atoms with Crippen LogP contribution >= 0.6 is 0 Å². The highest BCUT2D eigenvalue weighted by molar-refractivity contribution is 6.22. The minimum absolute atomic E-state index is 0.865. The van der Waals surface area contributed by atoms with Crippen molar-refractivity contribution in [3.05, 3.63) is 116 Å². The van der Waals surface area contributed by atoms with Gasteiger partial charge in [-0.15, -0.1) is 0 Å². The summed E-state index contributed by atoms with van der Waals surface area (Å²) in [5.41, 5.74) is 5.98. The molecule has 0 aliphatic heterocycles. The van der Waals surface area contributed by atoms with Crippen LogP contribution in [-0.2, 0) is 0 Å². The van der Waals surface area contributed by atoms with E-state index in [1.54, 1.807) is 0 Å². The first-order valence-electron chi connectivity index (χ1n) is 11.4. The Labute approximate surface area is 196 Å². The second-order valence-electron chi connectivity index (χ2n) is 8.49.